The van der Waals surface area contributed by atoms with E-state index in [0.29, 0.717) is 5.56 Å². The van der Waals surface area contributed by atoms with Crippen LogP contribution in [0.15, 0.2) is 22.6 Å². The second-order valence-electron chi connectivity index (χ2n) is 4.11. The van der Waals surface area contributed by atoms with Crippen LogP contribution in [0.25, 0.3) is 11.5 Å². The highest BCUT2D eigenvalue weighted by Gasteiger charge is 2.27. The predicted octanol–water partition coefficient (Wildman–Crippen LogP) is 3.59. The molecule has 2 aromatic rings. The van der Waals surface area contributed by atoms with Crippen molar-refractivity contribution in [3.63, 3.8) is 0 Å². The molecule has 0 spiro atoms. The van der Waals surface area contributed by atoms with E-state index < -0.39 is 23.8 Å². The number of hydrogen-bond donors (Lipinski definition) is 1. The quantitative estimate of drug-likeness (QED) is 0.922. The van der Waals surface area contributed by atoms with Crippen LogP contribution < -0.4 is 0 Å². The molecule has 0 aliphatic carbocycles. The van der Waals surface area contributed by atoms with E-state index in [0.717, 1.165) is 11.1 Å². The molecule has 0 bridgehead atoms. The highest BCUT2D eigenvalue weighted by molar-refractivity contribution is 5.86. The fourth-order valence-corrected chi connectivity index (χ4v) is 1.89. The fraction of sp³-hybridized carbons (Fsp3) is 0.231. The van der Waals surface area contributed by atoms with Gasteiger partial charge >= 0.3 is 5.97 Å². The van der Waals surface area contributed by atoms with E-state index in [2.05, 4.69) is 4.98 Å². The second kappa shape index (κ2) is 4.79. The summed E-state index contributed by atoms with van der Waals surface area (Å²) in [6, 6.07) is 5.35. The molecule has 0 unspecified atom stereocenters. The van der Waals surface area contributed by atoms with Gasteiger partial charge in [-0.2, -0.15) is 0 Å². The topological polar surface area (TPSA) is 63.3 Å². The van der Waals surface area contributed by atoms with Gasteiger partial charge in [-0.25, -0.2) is 18.6 Å². The molecular formula is C13H11F2NO3. The molecule has 0 radical (unpaired) electrons. The van der Waals surface area contributed by atoms with Crippen LogP contribution in [-0.4, -0.2) is 16.1 Å². The fourth-order valence-electron chi connectivity index (χ4n) is 1.89. The van der Waals surface area contributed by atoms with Gasteiger partial charge in [0.25, 0.3) is 6.43 Å². The molecule has 2 rings (SSSR count). The van der Waals surface area contributed by atoms with Crippen molar-refractivity contribution in [3.05, 3.63) is 40.8 Å². The number of oxazole rings is 1. The average molecular weight is 267 g/mol. The molecule has 0 atom stereocenters. The summed E-state index contributed by atoms with van der Waals surface area (Å²) in [7, 11) is 0. The van der Waals surface area contributed by atoms with Gasteiger partial charge in [0.05, 0.1) is 0 Å². The number of benzene rings is 1. The normalized spacial score (nSPS) is 11.0. The van der Waals surface area contributed by atoms with E-state index in [-0.39, 0.29) is 5.89 Å². The van der Waals surface area contributed by atoms with Crippen molar-refractivity contribution in [2.75, 3.05) is 0 Å². The van der Waals surface area contributed by atoms with Gasteiger partial charge in [-0.3, -0.25) is 0 Å². The Labute approximate surface area is 107 Å². The lowest BCUT2D eigenvalue weighted by molar-refractivity contribution is 0.0647. The van der Waals surface area contributed by atoms with Crippen LogP contribution in [0.4, 0.5) is 8.78 Å². The molecule has 0 amide bonds. The van der Waals surface area contributed by atoms with Gasteiger partial charge in [-0.1, -0.05) is 18.2 Å². The minimum atomic E-state index is -2.99. The predicted molar refractivity (Wildman–Crippen MR) is 63.3 cm³/mol. The minimum absolute atomic E-state index is 0.0942. The first-order valence-electron chi connectivity index (χ1n) is 5.50. The molecule has 1 N–H and O–H groups in total. The van der Waals surface area contributed by atoms with Crippen LogP contribution in [0.1, 0.15) is 33.8 Å². The Morgan fingerprint density at radius 1 is 1.32 bits per heavy atom. The minimum Gasteiger partial charge on any atom is -0.475 e. The van der Waals surface area contributed by atoms with Crippen LogP contribution >= 0.6 is 0 Å². The zero-order valence-electron chi connectivity index (χ0n) is 10.3. The summed E-state index contributed by atoms with van der Waals surface area (Å²) < 4.78 is 30.5. The maximum absolute atomic E-state index is 12.7. The Morgan fingerprint density at radius 3 is 2.32 bits per heavy atom. The first-order valence-corrected chi connectivity index (χ1v) is 5.50. The van der Waals surface area contributed by atoms with Gasteiger partial charge in [-0.15, -0.1) is 0 Å². The third-order valence-electron chi connectivity index (χ3n) is 2.75. The van der Waals surface area contributed by atoms with Crippen molar-refractivity contribution in [2.45, 2.75) is 20.3 Å². The van der Waals surface area contributed by atoms with Crippen molar-refractivity contribution >= 4 is 5.97 Å². The number of carbonyl (C=O) groups is 1. The van der Waals surface area contributed by atoms with Crippen molar-refractivity contribution in [3.8, 4) is 11.5 Å². The third kappa shape index (κ3) is 2.33. The Morgan fingerprint density at radius 2 is 1.89 bits per heavy atom. The van der Waals surface area contributed by atoms with Crippen LogP contribution in [0.5, 0.6) is 0 Å². The number of aryl methyl sites for hydroxylation is 2. The van der Waals surface area contributed by atoms with Crippen LogP contribution in [0, 0.1) is 13.8 Å². The maximum Gasteiger partial charge on any atom is 0.374 e. The van der Waals surface area contributed by atoms with Crippen LogP contribution in [0.3, 0.4) is 0 Å². The number of carboxylic acid groups (broad SMARTS) is 1. The summed E-state index contributed by atoms with van der Waals surface area (Å²) in [6.07, 6.45) is -2.99. The molecule has 0 saturated heterocycles. The number of rotatable bonds is 3. The highest BCUT2D eigenvalue weighted by Crippen LogP contribution is 2.31. The molecule has 1 aromatic carbocycles. The number of aromatic carboxylic acids is 1. The van der Waals surface area contributed by atoms with E-state index >= 15 is 0 Å². The van der Waals surface area contributed by atoms with Crippen LogP contribution in [-0.2, 0) is 0 Å². The Hall–Kier alpha value is -2.24. The van der Waals surface area contributed by atoms with E-state index in [4.69, 9.17) is 9.52 Å². The molecule has 0 aliphatic rings. The molecule has 6 heteroatoms. The molecule has 0 fully saturated rings. The lowest BCUT2D eigenvalue weighted by Gasteiger charge is -2.04. The zero-order valence-corrected chi connectivity index (χ0v) is 10.3. The summed E-state index contributed by atoms with van der Waals surface area (Å²) in [6.45, 7) is 3.55. The van der Waals surface area contributed by atoms with E-state index in [9.17, 15) is 13.6 Å². The van der Waals surface area contributed by atoms with E-state index in [1.165, 1.54) is 0 Å². The zero-order chi connectivity index (χ0) is 14.2. The summed E-state index contributed by atoms with van der Waals surface area (Å²) in [5.74, 6) is -2.46. The van der Waals surface area contributed by atoms with Gasteiger partial charge in [0, 0.05) is 5.56 Å². The number of halogens is 2. The molecule has 0 aliphatic heterocycles. The number of aromatic nitrogens is 1. The van der Waals surface area contributed by atoms with Gasteiger partial charge in [-0.05, 0) is 25.0 Å². The summed E-state index contributed by atoms with van der Waals surface area (Å²) in [5.41, 5.74) is 1.25. The molecule has 0 saturated carbocycles. The van der Waals surface area contributed by atoms with Crippen molar-refractivity contribution in [1.82, 2.24) is 4.98 Å². The highest BCUT2D eigenvalue weighted by atomic mass is 19.3. The second-order valence-corrected chi connectivity index (χ2v) is 4.11. The lowest BCUT2D eigenvalue weighted by atomic mass is 10.0. The van der Waals surface area contributed by atoms with Crippen LogP contribution in [0.2, 0.25) is 0 Å². The summed E-state index contributed by atoms with van der Waals surface area (Å²) in [4.78, 5) is 14.5. The standard InChI is InChI=1S/C13H11F2NO3/c1-6-4-3-5-7(2)8(6)12-16-9(11(14)15)10(19-12)13(17)18/h3-5,11H,1-2H3,(H,17,18). The molecular weight excluding hydrogens is 256 g/mol. The van der Waals surface area contributed by atoms with Gasteiger partial charge in [0.15, 0.2) is 5.69 Å². The summed E-state index contributed by atoms with van der Waals surface area (Å²) >= 11 is 0. The third-order valence-corrected chi connectivity index (χ3v) is 2.75. The molecule has 1 heterocycles. The van der Waals surface area contributed by atoms with Crippen molar-refractivity contribution in [2.24, 2.45) is 0 Å². The lowest BCUT2D eigenvalue weighted by Crippen LogP contribution is -1.99. The smallest absolute Gasteiger partial charge is 0.374 e. The molecule has 19 heavy (non-hydrogen) atoms. The first kappa shape index (κ1) is 13.2. The Balaban J connectivity index is 2.64. The number of nitrogens with zero attached hydrogens (tertiary/aromatic N) is 1. The maximum atomic E-state index is 12.7. The largest absolute Gasteiger partial charge is 0.475 e. The molecule has 4 nitrogen and oxygen atoms in total. The van der Waals surface area contributed by atoms with Crippen molar-refractivity contribution < 1.29 is 23.1 Å². The number of alkyl halides is 2. The first-order chi connectivity index (χ1) is 8.91. The van der Waals surface area contributed by atoms with Gasteiger partial charge < -0.3 is 9.52 Å². The van der Waals surface area contributed by atoms with E-state index in [1.54, 1.807) is 26.0 Å². The number of carboxylic acids is 1. The van der Waals surface area contributed by atoms with Gasteiger partial charge in [0.2, 0.25) is 11.7 Å². The number of hydrogen-bond acceptors (Lipinski definition) is 3. The SMILES string of the molecule is Cc1cccc(C)c1-c1nc(C(F)F)c(C(=O)O)o1. The monoisotopic (exact) mass is 267 g/mol. The van der Waals surface area contributed by atoms with Gasteiger partial charge in [0.1, 0.15) is 0 Å². The van der Waals surface area contributed by atoms with E-state index in [1.807, 2.05) is 6.07 Å². The average Bonchev–Trinajstić information content (AvgIpc) is 2.73. The summed E-state index contributed by atoms with van der Waals surface area (Å²) in [5, 5.41) is 8.85. The molecule has 100 valence electrons. The Bertz CT molecular complexity index is 615. The molecule has 1 aromatic heterocycles. The van der Waals surface area contributed by atoms with Crippen molar-refractivity contribution in [1.29, 1.82) is 0 Å². The Kier molecular flexibility index (Phi) is 3.33.